The smallest absolute Gasteiger partial charge is 0.270 e. The second-order valence-electron chi connectivity index (χ2n) is 4.63. The highest BCUT2D eigenvalue weighted by molar-refractivity contribution is 7.99. The number of non-ortho nitro benzene ring substituents is 1. The van der Waals surface area contributed by atoms with E-state index in [1.54, 1.807) is 13.0 Å². The Hall–Kier alpha value is -3.19. The number of amides is 1. The lowest BCUT2D eigenvalue weighted by atomic mass is 10.1. The molecular weight excluding hydrogens is 334 g/mol. The highest BCUT2D eigenvalue weighted by atomic mass is 32.2. The number of carbonyl (C=O) groups is 1. The predicted molar refractivity (Wildman–Crippen MR) is 86.8 cm³/mol. The number of anilines is 1. The fourth-order valence-electron chi connectivity index (χ4n) is 1.79. The molecule has 0 saturated carbocycles. The van der Waals surface area contributed by atoms with Crippen LogP contribution in [0.4, 0.5) is 11.4 Å². The standard InChI is InChI=1S/C14H11N5O4S/c1-8-4-12(20)18-14(16-8)24-7-13(21)17-11-3-2-10(19(22)23)5-9(11)6-15/h2-5H,7H2,1H3,(H,17,21)(H,16,18,20). The maximum Gasteiger partial charge on any atom is 0.270 e. The molecule has 2 N–H and O–H groups in total. The van der Waals surface area contributed by atoms with Crippen LogP contribution >= 0.6 is 11.8 Å². The number of rotatable bonds is 5. The second kappa shape index (κ2) is 7.38. The van der Waals surface area contributed by atoms with Crippen LogP contribution in [0.3, 0.4) is 0 Å². The van der Waals surface area contributed by atoms with Crippen LogP contribution in [-0.4, -0.2) is 26.6 Å². The first-order valence-corrected chi connectivity index (χ1v) is 7.57. The van der Waals surface area contributed by atoms with E-state index in [-0.39, 0.29) is 28.3 Å². The van der Waals surface area contributed by atoms with Gasteiger partial charge < -0.3 is 10.3 Å². The normalized spacial score (nSPS) is 10.0. The molecule has 0 aliphatic rings. The number of nitrogens with one attached hydrogen (secondary N) is 2. The van der Waals surface area contributed by atoms with Crippen LogP contribution in [0.5, 0.6) is 0 Å². The number of hydrogen-bond donors (Lipinski definition) is 2. The average molecular weight is 345 g/mol. The third kappa shape index (κ3) is 4.40. The third-order valence-electron chi connectivity index (χ3n) is 2.80. The lowest BCUT2D eigenvalue weighted by molar-refractivity contribution is -0.384. The molecule has 1 amide bonds. The van der Waals surface area contributed by atoms with Gasteiger partial charge in [-0.3, -0.25) is 19.7 Å². The molecule has 0 bridgehead atoms. The van der Waals surface area contributed by atoms with Crippen LogP contribution in [-0.2, 0) is 4.79 Å². The number of aryl methyl sites for hydroxylation is 1. The zero-order chi connectivity index (χ0) is 17.7. The van der Waals surface area contributed by atoms with E-state index in [9.17, 15) is 19.7 Å². The fourth-order valence-corrected chi connectivity index (χ4v) is 2.51. The van der Waals surface area contributed by atoms with Crippen LogP contribution in [0, 0.1) is 28.4 Å². The summed E-state index contributed by atoms with van der Waals surface area (Å²) in [6, 6.07) is 6.71. The molecule has 0 spiro atoms. The molecule has 0 aliphatic heterocycles. The van der Waals surface area contributed by atoms with Crippen LogP contribution in [0.15, 0.2) is 34.2 Å². The zero-order valence-electron chi connectivity index (χ0n) is 12.4. The molecule has 0 atom stereocenters. The molecule has 9 nitrogen and oxygen atoms in total. The quantitative estimate of drug-likeness (QED) is 0.362. The van der Waals surface area contributed by atoms with Gasteiger partial charge >= 0.3 is 0 Å². The van der Waals surface area contributed by atoms with Gasteiger partial charge in [0.25, 0.3) is 11.2 Å². The molecule has 0 radical (unpaired) electrons. The number of carbonyl (C=O) groups excluding carboxylic acids is 1. The van der Waals surface area contributed by atoms with Gasteiger partial charge in [-0.15, -0.1) is 0 Å². The van der Waals surface area contributed by atoms with Gasteiger partial charge in [0.2, 0.25) is 5.91 Å². The molecule has 2 aromatic rings. The number of hydrogen-bond acceptors (Lipinski definition) is 7. The summed E-state index contributed by atoms with van der Waals surface area (Å²) in [5, 5.41) is 22.5. The van der Waals surface area contributed by atoms with Crippen molar-refractivity contribution in [1.82, 2.24) is 9.97 Å². The van der Waals surface area contributed by atoms with Gasteiger partial charge in [0, 0.05) is 23.9 Å². The molecule has 10 heteroatoms. The van der Waals surface area contributed by atoms with Crippen molar-refractivity contribution in [3.05, 3.63) is 56.0 Å². The summed E-state index contributed by atoms with van der Waals surface area (Å²) in [6.07, 6.45) is 0. The Morgan fingerprint density at radius 2 is 2.25 bits per heavy atom. The molecule has 2 rings (SSSR count). The number of aromatic nitrogens is 2. The molecule has 0 aliphatic carbocycles. The van der Waals surface area contributed by atoms with Crippen molar-refractivity contribution < 1.29 is 9.72 Å². The number of H-pyrrole nitrogens is 1. The number of thioether (sulfide) groups is 1. The maximum atomic E-state index is 11.9. The predicted octanol–water partition coefficient (Wildman–Crippen LogP) is 1.59. The summed E-state index contributed by atoms with van der Waals surface area (Å²) < 4.78 is 0. The molecule has 0 saturated heterocycles. The Balaban J connectivity index is 2.06. The van der Waals surface area contributed by atoms with Gasteiger partial charge in [-0.1, -0.05) is 11.8 Å². The summed E-state index contributed by atoms with van der Waals surface area (Å²) >= 11 is 1.03. The van der Waals surface area contributed by atoms with E-state index in [0.29, 0.717) is 10.9 Å². The van der Waals surface area contributed by atoms with E-state index in [0.717, 1.165) is 17.8 Å². The largest absolute Gasteiger partial charge is 0.324 e. The molecule has 122 valence electrons. The lowest BCUT2D eigenvalue weighted by Crippen LogP contribution is -2.16. The minimum atomic E-state index is -0.623. The second-order valence-corrected chi connectivity index (χ2v) is 5.59. The Morgan fingerprint density at radius 3 is 2.88 bits per heavy atom. The van der Waals surface area contributed by atoms with E-state index in [1.807, 2.05) is 0 Å². The number of benzene rings is 1. The molecule has 0 unspecified atom stereocenters. The molecular formula is C14H11N5O4S. The van der Waals surface area contributed by atoms with Crippen LogP contribution in [0.25, 0.3) is 0 Å². The van der Waals surface area contributed by atoms with Crippen LogP contribution in [0.2, 0.25) is 0 Å². The summed E-state index contributed by atoms with van der Waals surface area (Å²) in [4.78, 5) is 39.9. The van der Waals surface area contributed by atoms with Crippen molar-refractivity contribution in [3.8, 4) is 6.07 Å². The number of aromatic amines is 1. The van der Waals surface area contributed by atoms with Crippen LogP contribution < -0.4 is 10.9 Å². The van der Waals surface area contributed by atoms with E-state index in [1.165, 1.54) is 18.2 Å². The highest BCUT2D eigenvalue weighted by Crippen LogP contribution is 2.22. The lowest BCUT2D eigenvalue weighted by Gasteiger charge is -2.06. The van der Waals surface area contributed by atoms with Crippen LogP contribution in [0.1, 0.15) is 11.3 Å². The summed E-state index contributed by atoms with van der Waals surface area (Å²) in [5.41, 5.74) is 0.154. The Labute approximate surface area is 139 Å². The summed E-state index contributed by atoms with van der Waals surface area (Å²) in [5.74, 6) is -0.483. The SMILES string of the molecule is Cc1cc(=O)[nH]c(SCC(=O)Nc2ccc([N+](=O)[O-])cc2C#N)n1. The number of nitro benzene ring substituents is 1. The zero-order valence-corrected chi connectivity index (χ0v) is 13.2. The third-order valence-corrected chi connectivity index (χ3v) is 3.67. The number of nitriles is 1. The minimum Gasteiger partial charge on any atom is -0.324 e. The average Bonchev–Trinajstić information content (AvgIpc) is 2.52. The Bertz CT molecular complexity index is 903. The van der Waals surface area contributed by atoms with Crippen molar-refractivity contribution in [2.45, 2.75) is 12.1 Å². The first-order valence-electron chi connectivity index (χ1n) is 6.58. The highest BCUT2D eigenvalue weighted by Gasteiger charge is 2.13. The Morgan fingerprint density at radius 1 is 1.50 bits per heavy atom. The van der Waals surface area contributed by atoms with E-state index in [2.05, 4.69) is 15.3 Å². The maximum absolute atomic E-state index is 11.9. The first-order chi connectivity index (χ1) is 11.4. The van der Waals surface area contributed by atoms with Crippen molar-refractivity contribution >= 4 is 29.0 Å². The van der Waals surface area contributed by atoms with Crippen molar-refractivity contribution in [1.29, 1.82) is 5.26 Å². The topological polar surface area (TPSA) is 142 Å². The van der Waals surface area contributed by atoms with Gasteiger partial charge in [0.15, 0.2) is 5.16 Å². The summed E-state index contributed by atoms with van der Waals surface area (Å²) in [6.45, 7) is 1.66. The Kier molecular flexibility index (Phi) is 5.28. The molecule has 1 heterocycles. The summed E-state index contributed by atoms with van der Waals surface area (Å²) in [7, 11) is 0. The molecule has 24 heavy (non-hydrogen) atoms. The molecule has 0 fully saturated rings. The fraction of sp³-hybridized carbons (Fsp3) is 0.143. The number of nitrogens with zero attached hydrogens (tertiary/aromatic N) is 3. The van der Waals surface area contributed by atoms with Gasteiger partial charge in [-0.2, -0.15) is 5.26 Å². The van der Waals surface area contributed by atoms with Crippen molar-refractivity contribution in [3.63, 3.8) is 0 Å². The van der Waals surface area contributed by atoms with E-state index >= 15 is 0 Å². The van der Waals surface area contributed by atoms with E-state index < -0.39 is 10.8 Å². The van der Waals surface area contributed by atoms with Gasteiger partial charge in [0.05, 0.1) is 21.9 Å². The van der Waals surface area contributed by atoms with Crippen molar-refractivity contribution in [2.24, 2.45) is 0 Å². The monoisotopic (exact) mass is 345 g/mol. The minimum absolute atomic E-state index is 0.00959. The first kappa shape index (κ1) is 17.2. The van der Waals surface area contributed by atoms with E-state index in [4.69, 9.17) is 5.26 Å². The molecule has 1 aromatic carbocycles. The van der Waals surface area contributed by atoms with Gasteiger partial charge in [-0.25, -0.2) is 4.98 Å². The molecule has 1 aromatic heterocycles. The van der Waals surface area contributed by atoms with Crippen molar-refractivity contribution in [2.75, 3.05) is 11.1 Å². The number of nitro groups is 1. The van der Waals surface area contributed by atoms with Gasteiger partial charge in [-0.05, 0) is 13.0 Å². The van der Waals surface area contributed by atoms with Gasteiger partial charge in [0.1, 0.15) is 6.07 Å².